The fourth-order valence-corrected chi connectivity index (χ4v) is 1.38. The van der Waals surface area contributed by atoms with Crippen LogP contribution in [0.2, 0.25) is 0 Å². The van der Waals surface area contributed by atoms with Crippen molar-refractivity contribution >= 4 is 18.4 Å². The molecule has 1 aromatic rings. The van der Waals surface area contributed by atoms with Crippen LogP contribution in [0.15, 0.2) is 24.3 Å². The van der Waals surface area contributed by atoms with Crippen molar-refractivity contribution in [1.29, 1.82) is 0 Å². The van der Waals surface area contributed by atoms with Gasteiger partial charge in [0.1, 0.15) is 0 Å². The Morgan fingerprint density at radius 2 is 1.81 bits per heavy atom. The van der Waals surface area contributed by atoms with Crippen molar-refractivity contribution < 1.29 is 9.90 Å². The summed E-state index contributed by atoms with van der Waals surface area (Å²) in [6.45, 7) is 4.02. The van der Waals surface area contributed by atoms with Crippen LogP contribution in [-0.2, 0) is 16.6 Å². The topological polar surface area (TPSA) is 63.3 Å². The minimum absolute atomic E-state index is 0. The van der Waals surface area contributed by atoms with Crippen LogP contribution in [0.4, 0.5) is 0 Å². The summed E-state index contributed by atoms with van der Waals surface area (Å²) in [7, 11) is 0. The monoisotopic (exact) mass is 243 g/mol. The van der Waals surface area contributed by atoms with Gasteiger partial charge in [0.15, 0.2) is 0 Å². The first-order chi connectivity index (χ1) is 6.98. The van der Waals surface area contributed by atoms with Gasteiger partial charge in [0, 0.05) is 0 Å². The van der Waals surface area contributed by atoms with Crippen molar-refractivity contribution in [2.24, 2.45) is 5.73 Å². The van der Waals surface area contributed by atoms with Gasteiger partial charge in [-0.05, 0) is 37.9 Å². The van der Waals surface area contributed by atoms with Gasteiger partial charge < -0.3 is 10.8 Å². The van der Waals surface area contributed by atoms with E-state index < -0.39 is 11.4 Å². The molecule has 1 aromatic carbocycles. The molecule has 0 spiro atoms. The van der Waals surface area contributed by atoms with Crippen LogP contribution in [0.1, 0.15) is 25.0 Å². The van der Waals surface area contributed by atoms with Crippen LogP contribution >= 0.6 is 12.4 Å². The summed E-state index contributed by atoms with van der Waals surface area (Å²) in [5.41, 5.74) is 6.56. The molecule has 0 atom stereocenters. The maximum Gasteiger partial charge on any atom is 0.313 e. The first kappa shape index (κ1) is 14.9. The van der Waals surface area contributed by atoms with E-state index in [-0.39, 0.29) is 12.4 Å². The molecule has 3 N–H and O–H groups in total. The molecule has 0 unspecified atom stereocenters. The Hall–Kier alpha value is -1.06. The lowest BCUT2D eigenvalue weighted by molar-refractivity contribution is -0.142. The number of aliphatic carboxylic acids is 1. The van der Waals surface area contributed by atoms with Crippen molar-refractivity contribution in [2.75, 3.05) is 6.54 Å². The lowest BCUT2D eigenvalue weighted by Crippen LogP contribution is -2.28. The van der Waals surface area contributed by atoms with E-state index in [9.17, 15) is 4.79 Å². The predicted octanol–water partition coefficient (Wildman–Crippen LogP) is 1.97. The average Bonchev–Trinajstić information content (AvgIpc) is 2.19. The molecule has 0 fully saturated rings. The van der Waals surface area contributed by atoms with Gasteiger partial charge in [0.2, 0.25) is 0 Å². The van der Waals surface area contributed by atoms with Gasteiger partial charge in [-0.25, -0.2) is 0 Å². The molecule has 0 aliphatic heterocycles. The molecule has 0 aliphatic rings. The van der Waals surface area contributed by atoms with Crippen molar-refractivity contribution in [3.05, 3.63) is 35.4 Å². The molecule has 0 radical (unpaired) electrons. The third-order valence-electron chi connectivity index (χ3n) is 2.64. The number of halogens is 1. The van der Waals surface area contributed by atoms with Gasteiger partial charge in [-0.1, -0.05) is 24.3 Å². The highest BCUT2D eigenvalue weighted by atomic mass is 35.5. The first-order valence-electron chi connectivity index (χ1n) is 5.01. The van der Waals surface area contributed by atoms with Crippen LogP contribution < -0.4 is 5.73 Å². The molecule has 90 valence electrons. The summed E-state index contributed by atoms with van der Waals surface area (Å²) in [5.74, 6) is -0.811. The number of hydrogen-bond acceptors (Lipinski definition) is 2. The fourth-order valence-electron chi connectivity index (χ4n) is 1.38. The lowest BCUT2D eigenvalue weighted by Gasteiger charge is -2.19. The molecule has 0 aromatic heterocycles. The number of hydrogen-bond donors (Lipinski definition) is 2. The van der Waals surface area contributed by atoms with E-state index in [1.165, 1.54) is 0 Å². The number of nitrogens with two attached hydrogens (primary N) is 1. The second kappa shape index (κ2) is 5.87. The SMILES string of the molecule is CC(C)(C(=O)O)c1ccc(CCN)cc1.Cl. The summed E-state index contributed by atoms with van der Waals surface area (Å²) in [6.07, 6.45) is 0.827. The third-order valence-corrected chi connectivity index (χ3v) is 2.64. The van der Waals surface area contributed by atoms with E-state index in [4.69, 9.17) is 10.8 Å². The van der Waals surface area contributed by atoms with E-state index in [0.717, 1.165) is 17.5 Å². The second-order valence-corrected chi connectivity index (χ2v) is 4.17. The Bertz CT molecular complexity index is 347. The van der Waals surface area contributed by atoms with Crippen molar-refractivity contribution in [3.63, 3.8) is 0 Å². The molecule has 0 heterocycles. The van der Waals surface area contributed by atoms with E-state index in [1.54, 1.807) is 13.8 Å². The molecule has 0 bridgehead atoms. The standard InChI is InChI=1S/C12H17NO2.ClH/c1-12(2,11(14)15)10-5-3-9(4-6-10)7-8-13;/h3-6H,7-8,13H2,1-2H3,(H,14,15);1H. The minimum atomic E-state index is -0.832. The molecule has 16 heavy (non-hydrogen) atoms. The van der Waals surface area contributed by atoms with Crippen LogP contribution in [0.25, 0.3) is 0 Å². The summed E-state index contributed by atoms with van der Waals surface area (Å²) < 4.78 is 0. The Balaban J connectivity index is 0.00000225. The summed E-state index contributed by atoms with van der Waals surface area (Å²) in [6, 6.07) is 7.60. The number of carboxylic acid groups (broad SMARTS) is 1. The Morgan fingerprint density at radius 3 is 2.19 bits per heavy atom. The Morgan fingerprint density at radius 1 is 1.31 bits per heavy atom. The third kappa shape index (κ3) is 3.22. The minimum Gasteiger partial charge on any atom is -0.481 e. The quantitative estimate of drug-likeness (QED) is 0.850. The van der Waals surface area contributed by atoms with Crippen LogP contribution in [0, 0.1) is 0 Å². The molecule has 4 heteroatoms. The fraction of sp³-hybridized carbons (Fsp3) is 0.417. The van der Waals surface area contributed by atoms with Gasteiger partial charge >= 0.3 is 5.97 Å². The number of carboxylic acids is 1. The van der Waals surface area contributed by atoms with E-state index in [0.29, 0.717) is 6.54 Å². The molecule has 1 rings (SSSR count). The highest BCUT2D eigenvalue weighted by Crippen LogP contribution is 2.23. The van der Waals surface area contributed by atoms with E-state index in [1.807, 2.05) is 24.3 Å². The van der Waals surface area contributed by atoms with Gasteiger partial charge in [-0.2, -0.15) is 0 Å². The van der Waals surface area contributed by atoms with Gasteiger partial charge in [-0.3, -0.25) is 4.79 Å². The summed E-state index contributed by atoms with van der Waals surface area (Å²) >= 11 is 0. The number of carbonyl (C=O) groups is 1. The van der Waals surface area contributed by atoms with E-state index >= 15 is 0 Å². The lowest BCUT2D eigenvalue weighted by atomic mass is 9.84. The molecule has 0 amide bonds. The van der Waals surface area contributed by atoms with Gasteiger partial charge in [0.05, 0.1) is 5.41 Å². The Kier molecular flexibility index (Phi) is 5.48. The van der Waals surface area contributed by atoms with Crippen molar-refractivity contribution in [3.8, 4) is 0 Å². The first-order valence-corrected chi connectivity index (χ1v) is 5.01. The van der Waals surface area contributed by atoms with Crippen LogP contribution in [-0.4, -0.2) is 17.6 Å². The molecular weight excluding hydrogens is 226 g/mol. The number of benzene rings is 1. The highest BCUT2D eigenvalue weighted by molar-refractivity contribution is 5.85. The molecular formula is C12H18ClNO2. The largest absolute Gasteiger partial charge is 0.481 e. The summed E-state index contributed by atoms with van der Waals surface area (Å²) in [5, 5.41) is 9.05. The average molecular weight is 244 g/mol. The molecule has 0 aliphatic carbocycles. The highest BCUT2D eigenvalue weighted by Gasteiger charge is 2.28. The van der Waals surface area contributed by atoms with Crippen molar-refractivity contribution in [2.45, 2.75) is 25.7 Å². The zero-order valence-electron chi connectivity index (χ0n) is 9.56. The zero-order valence-corrected chi connectivity index (χ0v) is 10.4. The molecule has 3 nitrogen and oxygen atoms in total. The Labute approximate surface area is 102 Å². The van der Waals surface area contributed by atoms with Crippen molar-refractivity contribution in [1.82, 2.24) is 0 Å². The van der Waals surface area contributed by atoms with Crippen LogP contribution in [0.3, 0.4) is 0 Å². The summed E-state index contributed by atoms with van der Waals surface area (Å²) in [4.78, 5) is 11.0. The van der Waals surface area contributed by atoms with Crippen LogP contribution in [0.5, 0.6) is 0 Å². The maximum absolute atomic E-state index is 11.0. The molecule has 0 saturated carbocycles. The number of rotatable bonds is 4. The second-order valence-electron chi connectivity index (χ2n) is 4.17. The van der Waals surface area contributed by atoms with E-state index in [2.05, 4.69) is 0 Å². The smallest absolute Gasteiger partial charge is 0.313 e. The molecule has 0 saturated heterocycles. The predicted molar refractivity (Wildman–Crippen MR) is 67.1 cm³/mol. The van der Waals surface area contributed by atoms with Gasteiger partial charge in [0.25, 0.3) is 0 Å². The maximum atomic E-state index is 11.0. The zero-order chi connectivity index (χ0) is 11.5. The normalized spacial score (nSPS) is 10.7. The van der Waals surface area contributed by atoms with Gasteiger partial charge in [-0.15, -0.1) is 12.4 Å².